The summed E-state index contributed by atoms with van der Waals surface area (Å²) in [6.45, 7) is 2.37. The van der Waals surface area contributed by atoms with Crippen molar-refractivity contribution in [1.82, 2.24) is 20.0 Å². The fourth-order valence-corrected chi connectivity index (χ4v) is 2.96. The summed E-state index contributed by atoms with van der Waals surface area (Å²) in [6, 6.07) is 5.83. The Morgan fingerprint density at radius 2 is 2.22 bits per heavy atom. The van der Waals surface area contributed by atoms with Crippen molar-refractivity contribution in [3.63, 3.8) is 0 Å². The number of aromatic nitrogens is 3. The third kappa shape index (κ3) is 2.66. The minimum absolute atomic E-state index is 0.0253. The molecule has 2 aliphatic rings. The number of nitrogens with zero attached hydrogens (tertiary/aromatic N) is 6. The van der Waals surface area contributed by atoms with Crippen LogP contribution in [0.4, 0.5) is 5.82 Å². The first-order valence-corrected chi connectivity index (χ1v) is 7.90. The van der Waals surface area contributed by atoms with Crippen LogP contribution in [0.3, 0.4) is 0 Å². The molecule has 1 aliphatic heterocycles. The van der Waals surface area contributed by atoms with Gasteiger partial charge in [0, 0.05) is 31.7 Å². The zero-order valence-electron chi connectivity index (χ0n) is 13.0. The van der Waals surface area contributed by atoms with Gasteiger partial charge >= 0.3 is 0 Å². The van der Waals surface area contributed by atoms with Gasteiger partial charge in [-0.1, -0.05) is 5.16 Å². The maximum Gasteiger partial charge on any atom is 0.245 e. The van der Waals surface area contributed by atoms with Crippen molar-refractivity contribution in [2.45, 2.75) is 24.8 Å². The highest BCUT2D eigenvalue weighted by molar-refractivity contribution is 5.53. The van der Waals surface area contributed by atoms with E-state index in [1.165, 1.54) is 0 Å². The number of anilines is 1. The van der Waals surface area contributed by atoms with Gasteiger partial charge in [-0.3, -0.25) is 4.90 Å². The normalized spacial score (nSPS) is 22.1. The average molecular weight is 310 g/mol. The van der Waals surface area contributed by atoms with Crippen LogP contribution < -0.4 is 4.90 Å². The van der Waals surface area contributed by atoms with Gasteiger partial charge in [0.2, 0.25) is 5.89 Å². The van der Waals surface area contributed by atoms with Crippen molar-refractivity contribution in [2.24, 2.45) is 0 Å². The molecule has 23 heavy (non-hydrogen) atoms. The number of pyridine rings is 1. The molecular weight excluding hydrogens is 292 g/mol. The van der Waals surface area contributed by atoms with E-state index in [0.717, 1.165) is 37.6 Å². The summed E-state index contributed by atoms with van der Waals surface area (Å²) in [5.74, 6) is 2.71. The van der Waals surface area contributed by atoms with E-state index >= 15 is 0 Å². The van der Waals surface area contributed by atoms with Gasteiger partial charge in [-0.25, -0.2) is 4.98 Å². The SMILES string of the molecule is CN1CCN(c2ncccc2C#N)C[C@@H]1c1nc(C2CC2)no1. The molecule has 0 spiro atoms. The van der Waals surface area contributed by atoms with Gasteiger partial charge in [0.1, 0.15) is 17.9 Å². The monoisotopic (exact) mass is 310 g/mol. The molecule has 7 heteroatoms. The van der Waals surface area contributed by atoms with Gasteiger partial charge < -0.3 is 9.42 Å². The molecule has 0 amide bonds. The van der Waals surface area contributed by atoms with Gasteiger partial charge in [0.05, 0.1) is 5.56 Å². The third-order valence-electron chi connectivity index (χ3n) is 4.54. The van der Waals surface area contributed by atoms with Crippen molar-refractivity contribution in [3.05, 3.63) is 35.6 Å². The second-order valence-corrected chi connectivity index (χ2v) is 6.19. The van der Waals surface area contributed by atoms with E-state index in [1.54, 1.807) is 18.3 Å². The topological polar surface area (TPSA) is 82.1 Å². The van der Waals surface area contributed by atoms with Crippen LogP contribution in [0.25, 0.3) is 0 Å². The van der Waals surface area contributed by atoms with Crippen LogP contribution in [-0.4, -0.2) is 46.7 Å². The van der Waals surface area contributed by atoms with E-state index in [9.17, 15) is 5.26 Å². The van der Waals surface area contributed by atoms with Crippen LogP contribution in [0, 0.1) is 11.3 Å². The maximum atomic E-state index is 9.29. The Hall–Kier alpha value is -2.46. The summed E-state index contributed by atoms with van der Waals surface area (Å²) >= 11 is 0. The molecule has 1 saturated carbocycles. The largest absolute Gasteiger partial charge is 0.352 e. The molecule has 0 N–H and O–H groups in total. The first kappa shape index (κ1) is 14.2. The molecule has 118 valence electrons. The third-order valence-corrected chi connectivity index (χ3v) is 4.54. The first-order chi connectivity index (χ1) is 11.3. The van der Waals surface area contributed by atoms with Gasteiger partial charge in [0.25, 0.3) is 0 Å². The van der Waals surface area contributed by atoms with E-state index in [1.807, 2.05) is 0 Å². The molecular formula is C16H18N6O. The highest BCUT2D eigenvalue weighted by Crippen LogP contribution is 2.39. The quantitative estimate of drug-likeness (QED) is 0.853. The van der Waals surface area contributed by atoms with Crippen molar-refractivity contribution >= 4 is 5.82 Å². The number of piperazine rings is 1. The van der Waals surface area contributed by atoms with Crippen LogP contribution in [0.2, 0.25) is 0 Å². The average Bonchev–Trinajstić information content (AvgIpc) is 3.33. The highest BCUT2D eigenvalue weighted by Gasteiger charge is 2.34. The molecule has 0 aromatic carbocycles. The second-order valence-electron chi connectivity index (χ2n) is 6.19. The predicted molar refractivity (Wildman–Crippen MR) is 82.8 cm³/mol. The summed E-state index contributed by atoms with van der Waals surface area (Å²) in [5.41, 5.74) is 0.597. The fraction of sp³-hybridized carbons (Fsp3) is 0.500. The van der Waals surface area contributed by atoms with Crippen molar-refractivity contribution < 1.29 is 4.52 Å². The van der Waals surface area contributed by atoms with Crippen LogP contribution in [0.5, 0.6) is 0 Å². The Labute approximate surface area is 134 Å². The van der Waals surface area contributed by atoms with E-state index < -0.39 is 0 Å². The molecule has 2 fully saturated rings. The molecule has 1 atom stereocenters. The molecule has 0 unspecified atom stereocenters. The van der Waals surface area contributed by atoms with Gasteiger partial charge in [-0.2, -0.15) is 10.2 Å². The molecule has 3 heterocycles. The standard InChI is InChI=1S/C16H18N6O/c1-21-7-8-22(15-12(9-17)3-2-6-18-15)10-13(21)16-19-14(20-23-16)11-4-5-11/h2-3,6,11,13H,4-5,7-8,10H2,1H3/t13-/m1/s1. The van der Waals surface area contributed by atoms with Crippen LogP contribution >= 0.6 is 0 Å². The van der Waals surface area contributed by atoms with Crippen molar-refractivity contribution in [3.8, 4) is 6.07 Å². The predicted octanol–water partition coefficient (Wildman–Crippen LogP) is 1.71. The van der Waals surface area contributed by atoms with Crippen LogP contribution in [0.1, 0.15) is 42.1 Å². The number of hydrogen-bond donors (Lipinski definition) is 0. The lowest BCUT2D eigenvalue weighted by atomic mass is 10.1. The Bertz CT molecular complexity index is 747. The van der Waals surface area contributed by atoms with Crippen LogP contribution in [-0.2, 0) is 0 Å². The smallest absolute Gasteiger partial charge is 0.245 e. The summed E-state index contributed by atoms with van der Waals surface area (Å²) < 4.78 is 5.50. The molecule has 0 radical (unpaired) electrons. The van der Waals surface area contributed by atoms with Gasteiger partial charge in [0.15, 0.2) is 5.82 Å². The zero-order chi connectivity index (χ0) is 15.8. The number of hydrogen-bond acceptors (Lipinski definition) is 7. The lowest BCUT2D eigenvalue weighted by molar-refractivity contribution is 0.177. The molecule has 1 aliphatic carbocycles. The summed E-state index contributed by atoms with van der Waals surface area (Å²) in [4.78, 5) is 13.3. The molecule has 1 saturated heterocycles. The van der Waals surface area contributed by atoms with E-state index in [2.05, 4.69) is 38.0 Å². The fourth-order valence-electron chi connectivity index (χ4n) is 2.96. The number of likely N-dealkylation sites (N-methyl/N-ethyl adjacent to an activating group) is 1. The number of rotatable bonds is 3. The molecule has 2 aromatic heterocycles. The minimum Gasteiger partial charge on any atom is -0.352 e. The van der Waals surface area contributed by atoms with Crippen molar-refractivity contribution in [1.29, 1.82) is 5.26 Å². The van der Waals surface area contributed by atoms with E-state index in [-0.39, 0.29) is 6.04 Å². The minimum atomic E-state index is 0.0253. The van der Waals surface area contributed by atoms with Crippen molar-refractivity contribution in [2.75, 3.05) is 31.6 Å². The first-order valence-electron chi connectivity index (χ1n) is 7.90. The summed E-state index contributed by atoms with van der Waals surface area (Å²) in [5, 5.41) is 13.4. The summed E-state index contributed by atoms with van der Waals surface area (Å²) in [7, 11) is 2.06. The Morgan fingerprint density at radius 1 is 1.35 bits per heavy atom. The summed E-state index contributed by atoms with van der Waals surface area (Å²) in [6.07, 6.45) is 4.04. The van der Waals surface area contributed by atoms with E-state index in [0.29, 0.717) is 23.9 Å². The zero-order valence-corrected chi connectivity index (χ0v) is 13.0. The number of nitriles is 1. The van der Waals surface area contributed by atoms with Gasteiger partial charge in [-0.05, 0) is 32.0 Å². The second kappa shape index (κ2) is 5.63. The lowest BCUT2D eigenvalue weighted by Crippen LogP contribution is -2.47. The Balaban J connectivity index is 1.58. The lowest BCUT2D eigenvalue weighted by Gasteiger charge is -2.38. The molecule has 0 bridgehead atoms. The van der Waals surface area contributed by atoms with Gasteiger partial charge in [-0.15, -0.1) is 0 Å². The Kier molecular flexibility index (Phi) is 3.46. The molecule has 2 aromatic rings. The molecule has 4 rings (SSSR count). The molecule has 7 nitrogen and oxygen atoms in total. The van der Waals surface area contributed by atoms with E-state index in [4.69, 9.17) is 4.52 Å². The maximum absolute atomic E-state index is 9.29. The Morgan fingerprint density at radius 3 is 3.00 bits per heavy atom. The highest BCUT2D eigenvalue weighted by atomic mass is 16.5. The van der Waals surface area contributed by atoms with Crippen LogP contribution in [0.15, 0.2) is 22.9 Å².